The van der Waals surface area contributed by atoms with Gasteiger partial charge in [0.15, 0.2) is 11.4 Å². The number of furan rings is 1. The van der Waals surface area contributed by atoms with Crippen LogP contribution in [0.2, 0.25) is 0 Å². The Morgan fingerprint density at radius 2 is 1.94 bits per heavy atom. The minimum absolute atomic E-state index is 0.267. The Bertz CT molecular complexity index is 1230. The largest absolute Gasteiger partial charge is 0.463 e. The normalized spacial score (nSPS) is 11.8. The molecule has 0 saturated carbocycles. The van der Waals surface area contributed by atoms with Gasteiger partial charge in [-0.3, -0.25) is 9.48 Å². The van der Waals surface area contributed by atoms with Crippen LogP contribution < -0.4 is 5.32 Å². The van der Waals surface area contributed by atoms with Crippen molar-refractivity contribution in [1.29, 1.82) is 0 Å². The molecular weight excluding hydrogens is 409 g/mol. The van der Waals surface area contributed by atoms with Gasteiger partial charge in [-0.2, -0.15) is 18.3 Å². The topological polar surface area (TPSA) is 73.0 Å². The molecule has 160 valence electrons. The fourth-order valence-electron chi connectivity index (χ4n) is 3.45. The van der Waals surface area contributed by atoms with Gasteiger partial charge in [0.25, 0.3) is 5.91 Å². The van der Waals surface area contributed by atoms with Crippen molar-refractivity contribution in [3.05, 3.63) is 71.1 Å². The molecule has 0 fully saturated rings. The monoisotopic (exact) mass is 428 g/mol. The van der Waals surface area contributed by atoms with Gasteiger partial charge < -0.3 is 9.73 Å². The van der Waals surface area contributed by atoms with Crippen LogP contribution in [0, 0.1) is 6.92 Å². The number of nitrogens with one attached hydrogen (secondary N) is 1. The van der Waals surface area contributed by atoms with Gasteiger partial charge in [0.05, 0.1) is 28.5 Å². The number of aryl methyl sites for hydroxylation is 2. The van der Waals surface area contributed by atoms with Crippen molar-refractivity contribution in [1.82, 2.24) is 20.1 Å². The summed E-state index contributed by atoms with van der Waals surface area (Å²) < 4.78 is 45.1. The minimum Gasteiger partial charge on any atom is -0.463 e. The van der Waals surface area contributed by atoms with Gasteiger partial charge >= 0.3 is 6.18 Å². The van der Waals surface area contributed by atoms with Crippen LogP contribution in [0.3, 0.4) is 0 Å². The highest BCUT2D eigenvalue weighted by Crippen LogP contribution is 2.29. The first-order valence-electron chi connectivity index (χ1n) is 9.56. The summed E-state index contributed by atoms with van der Waals surface area (Å²) >= 11 is 0. The quantitative estimate of drug-likeness (QED) is 0.507. The van der Waals surface area contributed by atoms with E-state index in [1.165, 1.54) is 18.4 Å². The number of alkyl halides is 3. The number of carbonyl (C=O) groups excluding carboxylic acids is 1. The minimum atomic E-state index is -4.37. The van der Waals surface area contributed by atoms with Crippen molar-refractivity contribution >= 4 is 16.9 Å². The molecule has 0 saturated heterocycles. The molecule has 4 aromatic rings. The number of halogens is 3. The number of pyridine rings is 1. The van der Waals surface area contributed by atoms with Crippen LogP contribution in [-0.4, -0.2) is 27.2 Å². The van der Waals surface area contributed by atoms with Gasteiger partial charge in [0, 0.05) is 13.6 Å². The zero-order valence-corrected chi connectivity index (χ0v) is 16.8. The zero-order valence-electron chi connectivity index (χ0n) is 16.8. The van der Waals surface area contributed by atoms with Gasteiger partial charge in [-0.1, -0.05) is 12.1 Å². The second-order valence-corrected chi connectivity index (χ2v) is 7.14. The van der Waals surface area contributed by atoms with Crippen molar-refractivity contribution in [3.8, 4) is 11.5 Å². The number of fused-ring (bicyclic) bond motifs is 1. The van der Waals surface area contributed by atoms with E-state index in [4.69, 9.17) is 4.42 Å². The lowest BCUT2D eigenvalue weighted by molar-refractivity contribution is -0.137. The Kier molecular flexibility index (Phi) is 5.26. The Morgan fingerprint density at radius 3 is 2.58 bits per heavy atom. The third-order valence-corrected chi connectivity index (χ3v) is 4.97. The van der Waals surface area contributed by atoms with Gasteiger partial charge in [-0.25, -0.2) is 4.98 Å². The molecule has 0 aliphatic heterocycles. The van der Waals surface area contributed by atoms with Crippen molar-refractivity contribution in [2.45, 2.75) is 19.5 Å². The summed E-state index contributed by atoms with van der Waals surface area (Å²) in [4.78, 5) is 17.5. The molecule has 3 heterocycles. The first-order valence-corrected chi connectivity index (χ1v) is 9.56. The second kappa shape index (κ2) is 7.90. The summed E-state index contributed by atoms with van der Waals surface area (Å²) in [6.45, 7) is 2.07. The van der Waals surface area contributed by atoms with Crippen LogP contribution in [-0.2, 0) is 19.6 Å². The number of amides is 1. The standard InChI is InChI=1S/C22H19F3N4O2/c1-13-19-16(12-17(18-4-3-11-31-18)27-20(19)29(2)28-13)21(30)26-10-9-14-5-7-15(8-6-14)22(23,24)25/h3-8,11-12H,9-10H2,1-2H3,(H,26,30). The SMILES string of the molecule is Cc1nn(C)c2nc(-c3ccco3)cc(C(=O)NCCc3ccc(C(F)(F)F)cc3)c12. The smallest absolute Gasteiger partial charge is 0.416 e. The van der Waals surface area contributed by atoms with E-state index in [0.29, 0.717) is 45.7 Å². The molecule has 0 atom stereocenters. The predicted molar refractivity (Wildman–Crippen MR) is 108 cm³/mol. The highest BCUT2D eigenvalue weighted by atomic mass is 19.4. The number of rotatable bonds is 5. The molecule has 0 bridgehead atoms. The molecule has 9 heteroatoms. The average molecular weight is 428 g/mol. The van der Waals surface area contributed by atoms with E-state index in [0.717, 1.165) is 12.1 Å². The third-order valence-electron chi connectivity index (χ3n) is 4.97. The van der Waals surface area contributed by atoms with Gasteiger partial charge in [-0.15, -0.1) is 0 Å². The highest BCUT2D eigenvalue weighted by Gasteiger charge is 2.29. The third kappa shape index (κ3) is 4.16. The summed E-state index contributed by atoms with van der Waals surface area (Å²) in [5.41, 5.74) is 2.14. The maximum Gasteiger partial charge on any atom is 0.416 e. The lowest BCUT2D eigenvalue weighted by Gasteiger charge is -2.10. The lowest BCUT2D eigenvalue weighted by Crippen LogP contribution is -2.26. The zero-order chi connectivity index (χ0) is 22.2. The molecule has 1 aromatic carbocycles. The maximum absolute atomic E-state index is 13.0. The molecule has 1 N–H and O–H groups in total. The van der Waals surface area contributed by atoms with Gasteiger partial charge in [-0.05, 0) is 49.2 Å². The predicted octanol–water partition coefficient (Wildman–Crippen LogP) is 4.53. The number of nitrogens with zero attached hydrogens (tertiary/aromatic N) is 3. The fourth-order valence-corrected chi connectivity index (χ4v) is 3.45. The van der Waals surface area contributed by atoms with E-state index in [9.17, 15) is 18.0 Å². The Labute approximate surface area is 175 Å². The molecule has 1 amide bonds. The first kappa shape index (κ1) is 20.6. The molecule has 0 aliphatic rings. The molecule has 4 rings (SSSR count). The number of aromatic nitrogens is 3. The number of benzene rings is 1. The molecule has 6 nitrogen and oxygen atoms in total. The second-order valence-electron chi connectivity index (χ2n) is 7.14. The van der Waals surface area contributed by atoms with E-state index < -0.39 is 11.7 Å². The Morgan fingerprint density at radius 1 is 1.19 bits per heavy atom. The molecule has 0 unspecified atom stereocenters. The summed E-state index contributed by atoms with van der Waals surface area (Å²) in [5, 5.41) is 7.84. The van der Waals surface area contributed by atoms with Crippen LogP contribution >= 0.6 is 0 Å². The number of hydrogen-bond donors (Lipinski definition) is 1. The molecule has 3 aromatic heterocycles. The molecular formula is C22H19F3N4O2. The molecule has 0 aliphatic carbocycles. The van der Waals surface area contributed by atoms with Crippen molar-refractivity contribution in [3.63, 3.8) is 0 Å². The van der Waals surface area contributed by atoms with E-state index in [1.807, 2.05) is 0 Å². The van der Waals surface area contributed by atoms with Crippen molar-refractivity contribution in [2.75, 3.05) is 6.54 Å². The molecule has 0 spiro atoms. The Hall–Kier alpha value is -3.62. The fraction of sp³-hybridized carbons (Fsp3) is 0.227. The molecule has 31 heavy (non-hydrogen) atoms. The summed E-state index contributed by atoms with van der Waals surface area (Å²) in [5.74, 6) is 0.211. The summed E-state index contributed by atoms with van der Waals surface area (Å²) in [6.07, 6.45) is -2.44. The van der Waals surface area contributed by atoms with Crippen molar-refractivity contribution < 1.29 is 22.4 Å². The van der Waals surface area contributed by atoms with Crippen LogP contribution in [0.5, 0.6) is 0 Å². The van der Waals surface area contributed by atoms with E-state index >= 15 is 0 Å². The molecule has 0 radical (unpaired) electrons. The van der Waals surface area contributed by atoms with Crippen molar-refractivity contribution in [2.24, 2.45) is 7.05 Å². The average Bonchev–Trinajstić information content (AvgIpc) is 3.36. The maximum atomic E-state index is 13.0. The van der Waals surface area contributed by atoms with Crippen LogP contribution in [0.25, 0.3) is 22.5 Å². The number of carbonyl (C=O) groups is 1. The van der Waals surface area contributed by atoms with Crippen LogP contribution in [0.4, 0.5) is 13.2 Å². The van der Waals surface area contributed by atoms with E-state index in [2.05, 4.69) is 15.4 Å². The van der Waals surface area contributed by atoms with Gasteiger partial charge in [0.2, 0.25) is 0 Å². The summed E-state index contributed by atoms with van der Waals surface area (Å²) in [6, 6.07) is 10.1. The van der Waals surface area contributed by atoms with E-state index in [-0.39, 0.29) is 12.5 Å². The Balaban J connectivity index is 1.55. The van der Waals surface area contributed by atoms with E-state index in [1.54, 1.807) is 36.9 Å². The van der Waals surface area contributed by atoms with Crippen LogP contribution in [0.15, 0.2) is 53.1 Å². The van der Waals surface area contributed by atoms with Gasteiger partial charge in [0.1, 0.15) is 5.69 Å². The highest BCUT2D eigenvalue weighted by molar-refractivity contribution is 6.07. The lowest BCUT2D eigenvalue weighted by atomic mass is 10.1. The summed E-state index contributed by atoms with van der Waals surface area (Å²) in [7, 11) is 1.75. The number of hydrogen-bond acceptors (Lipinski definition) is 4. The first-order chi connectivity index (χ1) is 14.7. The van der Waals surface area contributed by atoms with Crippen LogP contribution in [0.1, 0.15) is 27.2 Å².